The maximum absolute atomic E-state index is 12.4. The van der Waals surface area contributed by atoms with Gasteiger partial charge in [0.1, 0.15) is 11.4 Å². The number of carbonyl (C=O) groups excluding carboxylic acids is 1. The number of benzene rings is 1. The van der Waals surface area contributed by atoms with Crippen molar-refractivity contribution in [3.05, 3.63) is 60.0 Å². The van der Waals surface area contributed by atoms with Gasteiger partial charge in [-0.1, -0.05) is 6.07 Å². The van der Waals surface area contributed by atoms with E-state index in [1.807, 2.05) is 35.9 Å². The molecule has 0 bridgehead atoms. The summed E-state index contributed by atoms with van der Waals surface area (Å²) in [7, 11) is 1.72. The lowest BCUT2D eigenvalue weighted by atomic mass is 10.2. The summed E-state index contributed by atoms with van der Waals surface area (Å²) in [6.07, 6.45) is 4.04. The van der Waals surface area contributed by atoms with E-state index in [-0.39, 0.29) is 18.1 Å². The van der Waals surface area contributed by atoms with Crippen LogP contribution in [-0.2, 0) is 11.2 Å². The van der Waals surface area contributed by atoms with Crippen LogP contribution in [0.2, 0.25) is 0 Å². The summed E-state index contributed by atoms with van der Waals surface area (Å²) in [6.45, 7) is 2.00. The number of rotatable bonds is 3. The number of anilines is 1. The first-order valence-electron chi connectivity index (χ1n) is 7.03. The number of aromatic hydroxyl groups is 1. The van der Waals surface area contributed by atoms with Crippen molar-refractivity contribution in [3.8, 4) is 5.75 Å². The van der Waals surface area contributed by atoms with E-state index in [4.69, 9.17) is 0 Å². The summed E-state index contributed by atoms with van der Waals surface area (Å²) >= 11 is 0. The van der Waals surface area contributed by atoms with Gasteiger partial charge in [0.15, 0.2) is 0 Å². The zero-order valence-electron chi connectivity index (χ0n) is 12.5. The van der Waals surface area contributed by atoms with Gasteiger partial charge >= 0.3 is 0 Å². The number of pyridine rings is 1. The molecule has 1 aromatic carbocycles. The normalized spacial score (nSPS) is 10.8. The molecular weight excluding hydrogens is 278 g/mol. The summed E-state index contributed by atoms with van der Waals surface area (Å²) in [5, 5.41) is 9.30. The molecule has 1 amide bonds. The monoisotopic (exact) mass is 295 g/mol. The zero-order valence-corrected chi connectivity index (χ0v) is 12.5. The Labute approximate surface area is 128 Å². The number of likely N-dealkylation sites (N-methyl/N-ethyl adjacent to an activating group) is 1. The first-order chi connectivity index (χ1) is 10.5. The van der Waals surface area contributed by atoms with Crippen molar-refractivity contribution >= 4 is 17.2 Å². The molecule has 22 heavy (non-hydrogen) atoms. The molecule has 5 heteroatoms. The van der Waals surface area contributed by atoms with Crippen LogP contribution in [0.15, 0.2) is 48.8 Å². The van der Waals surface area contributed by atoms with Crippen LogP contribution in [0, 0.1) is 6.92 Å². The second-order valence-electron chi connectivity index (χ2n) is 5.30. The summed E-state index contributed by atoms with van der Waals surface area (Å²) in [5.74, 6) is 0.132. The number of imidazole rings is 1. The van der Waals surface area contributed by atoms with E-state index in [1.165, 1.54) is 0 Å². The van der Waals surface area contributed by atoms with Gasteiger partial charge in [0.05, 0.1) is 12.1 Å². The van der Waals surface area contributed by atoms with E-state index < -0.39 is 0 Å². The largest absolute Gasteiger partial charge is 0.508 e. The summed E-state index contributed by atoms with van der Waals surface area (Å²) in [6, 6.07) is 10.5. The summed E-state index contributed by atoms with van der Waals surface area (Å²) < 4.78 is 1.93. The fraction of sp³-hybridized carbons (Fsp3) is 0.176. The van der Waals surface area contributed by atoms with E-state index in [0.717, 1.165) is 22.6 Å². The number of carbonyl (C=O) groups is 1. The Morgan fingerprint density at radius 2 is 2.00 bits per heavy atom. The van der Waals surface area contributed by atoms with Gasteiger partial charge in [0.2, 0.25) is 5.91 Å². The summed E-state index contributed by atoms with van der Waals surface area (Å²) in [5.41, 5.74) is 3.43. The van der Waals surface area contributed by atoms with E-state index in [9.17, 15) is 9.90 Å². The second-order valence-corrected chi connectivity index (χ2v) is 5.30. The molecule has 0 atom stereocenters. The number of phenolic OH excluding ortho intramolecular Hbond substituents is 1. The van der Waals surface area contributed by atoms with Gasteiger partial charge in [-0.05, 0) is 42.8 Å². The number of nitrogens with zero attached hydrogens (tertiary/aromatic N) is 3. The van der Waals surface area contributed by atoms with Crippen molar-refractivity contribution in [3.63, 3.8) is 0 Å². The maximum atomic E-state index is 12.4. The van der Waals surface area contributed by atoms with Crippen LogP contribution in [0.5, 0.6) is 5.75 Å². The SMILES string of the molecule is Cc1cccn2cc(CC(=O)N(C)c3ccc(O)cc3)nc12. The lowest BCUT2D eigenvalue weighted by molar-refractivity contribution is -0.117. The highest BCUT2D eigenvalue weighted by molar-refractivity contribution is 5.94. The fourth-order valence-electron chi connectivity index (χ4n) is 2.38. The predicted molar refractivity (Wildman–Crippen MR) is 85.1 cm³/mol. The molecular formula is C17H17N3O2. The van der Waals surface area contributed by atoms with Crippen LogP contribution in [0.1, 0.15) is 11.3 Å². The molecule has 0 fully saturated rings. The van der Waals surface area contributed by atoms with Gasteiger partial charge in [-0.2, -0.15) is 0 Å². The molecule has 2 aromatic heterocycles. The molecule has 3 aromatic rings. The van der Waals surface area contributed by atoms with Gasteiger partial charge in [-0.3, -0.25) is 4.79 Å². The van der Waals surface area contributed by atoms with E-state index in [1.54, 1.807) is 36.2 Å². The number of phenols is 1. The molecule has 0 spiro atoms. The van der Waals surface area contributed by atoms with Crippen molar-refractivity contribution in [1.82, 2.24) is 9.38 Å². The number of aryl methyl sites for hydroxylation is 1. The number of aromatic nitrogens is 2. The first-order valence-corrected chi connectivity index (χ1v) is 7.03. The molecule has 0 aliphatic carbocycles. The smallest absolute Gasteiger partial charge is 0.232 e. The van der Waals surface area contributed by atoms with E-state index in [0.29, 0.717) is 0 Å². The number of fused-ring (bicyclic) bond motifs is 1. The summed E-state index contributed by atoms with van der Waals surface area (Å²) in [4.78, 5) is 18.5. The predicted octanol–water partition coefficient (Wildman–Crippen LogP) is 2.55. The molecule has 5 nitrogen and oxygen atoms in total. The van der Waals surface area contributed by atoms with Crippen molar-refractivity contribution < 1.29 is 9.90 Å². The van der Waals surface area contributed by atoms with E-state index >= 15 is 0 Å². The molecule has 0 aliphatic heterocycles. The molecule has 112 valence electrons. The van der Waals surface area contributed by atoms with Crippen LogP contribution in [0.25, 0.3) is 5.65 Å². The number of hydrogen-bond acceptors (Lipinski definition) is 3. The Balaban J connectivity index is 1.80. The second kappa shape index (κ2) is 5.52. The third-order valence-electron chi connectivity index (χ3n) is 3.67. The standard InChI is InChI=1S/C17H17N3O2/c1-12-4-3-9-20-11-13(18-17(12)20)10-16(22)19(2)14-5-7-15(21)8-6-14/h3-9,11,21H,10H2,1-2H3. The van der Waals surface area contributed by atoms with Crippen LogP contribution in [-0.4, -0.2) is 27.4 Å². The Morgan fingerprint density at radius 3 is 2.68 bits per heavy atom. The third-order valence-corrected chi connectivity index (χ3v) is 3.67. The van der Waals surface area contributed by atoms with Gasteiger partial charge in [-0.15, -0.1) is 0 Å². The Hall–Kier alpha value is -2.82. The molecule has 0 aliphatic rings. The van der Waals surface area contributed by atoms with Crippen LogP contribution < -0.4 is 4.90 Å². The Bertz CT molecular complexity index is 822. The molecule has 2 heterocycles. The van der Waals surface area contributed by atoms with Crippen molar-refractivity contribution in [1.29, 1.82) is 0 Å². The average Bonchev–Trinajstić information content (AvgIpc) is 2.91. The molecule has 0 saturated heterocycles. The molecule has 3 rings (SSSR count). The fourth-order valence-corrected chi connectivity index (χ4v) is 2.38. The highest BCUT2D eigenvalue weighted by Crippen LogP contribution is 2.18. The van der Waals surface area contributed by atoms with Gasteiger partial charge in [0, 0.05) is 25.1 Å². The average molecular weight is 295 g/mol. The highest BCUT2D eigenvalue weighted by atomic mass is 16.3. The molecule has 1 N–H and O–H groups in total. The van der Waals surface area contributed by atoms with Gasteiger partial charge in [0.25, 0.3) is 0 Å². The van der Waals surface area contributed by atoms with Crippen molar-refractivity contribution in [2.75, 3.05) is 11.9 Å². The first kappa shape index (κ1) is 14.1. The Kier molecular flexibility index (Phi) is 3.55. The zero-order chi connectivity index (χ0) is 15.7. The number of hydrogen-bond donors (Lipinski definition) is 1. The van der Waals surface area contributed by atoms with Gasteiger partial charge in [-0.25, -0.2) is 4.98 Å². The van der Waals surface area contributed by atoms with Crippen LogP contribution in [0.3, 0.4) is 0 Å². The molecule has 0 unspecified atom stereocenters. The van der Waals surface area contributed by atoms with Crippen LogP contribution in [0.4, 0.5) is 5.69 Å². The third kappa shape index (κ3) is 2.65. The minimum absolute atomic E-state index is 0.0493. The number of amides is 1. The highest BCUT2D eigenvalue weighted by Gasteiger charge is 2.14. The topological polar surface area (TPSA) is 57.8 Å². The minimum Gasteiger partial charge on any atom is -0.508 e. The van der Waals surface area contributed by atoms with Gasteiger partial charge < -0.3 is 14.4 Å². The minimum atomic E-state index is -0.0493. The molecule has 0 saturated carbocycles. The van der Waals surface area contributed by atoms with E-state index in [2.05, 4.69) is 4.98 Å². The maximum Gasteiger partial charge on any atom is 0.232 e. The lowest BCUT2D eigenvalue weighted by Gasteiger charge is -2.16. The van der Waals surface area contributed by atoms with Crippen molar-refractivity contribution in [2.24, 2.45) is 0 Å². The lowest BCUT2D eigenvalue weighted by Crippen LogP contribution is -2.27. The van der Waals surface area contributed by atoms with Crippen molar-refractivity contribution in [2.45, 2.75) is 13.3 Å². The Morgan fingerprint density at radius 1 is 1.27 bits per heavy atom. The van der Waals surface area contributed by atoms with Crippen LogP contribution >= 0.6 is 0 Å². The quantitative estimate of drug-likeness (QED) is 0.808. The molecule has 0 radical (unpaired) electrons.